The van der Waals surface area contributed by atoms with Crippen molar-refractivity contribution in [3.05, 3.63) is 30.6 Å². The molecule has 2 heterocycles. The predicted molar refractivity (Wildman–Crippen MR) is 63.4 cm³/mol. The van der Waals surface area contributed by atoms with Crippen molar-refractivity contribution in [3.63, 3.8) is 0 Å². The molecule has 0 spiro atoms. The van der Waals surface area contributed by atoms with Crippen LogP contribution >= 0.6 is 0 Å². The lowest BCUT2D eigenvalue weighted by Crippen LogP contribution is -2.12. The fourth-order valence-electron chi connectivity index (χ4n) is 1.32. The quantitative estimate of drug-likeness (QED) is 0.793. The van der Waals surface area contributed by atoms with Crippen LogP contribution in [-0.2, 0) is 4.74 Å². The summed E-state index contributed by atoms with van der Waals surface area (Å²) in [6.45, 7) is 1.95. The number of rotatable bonds is 3. The van der Waals surface area contributed by atoms with E-state index in [1.807, 2.05) is 0 Å². The van der Waals surface area contributed by atoms with E-state index in [-0.39, 0.29) is 18.1 Å². The minimum Gasteiger partial charge on any atom is -0.461 e. The van der Waals surface area contributed by atoms with Crippen molar-refractivity contribution in [3.8, 4) is 11.3 Å². The highest BCUT2D eigenvalue weighted by Crippen LogP contribution is 2.16. The van der Waals surface area contributed by atoms with Gasteiger partial charge in [-0.3, -0.25) is 0 Å². The molecular formula is C11H11N5O2. The average Bonchev–Trinajstić information content (AvgIpc) is 2.40. The average molecular weight is 245 g/mol. The van der Waals surface area contributed by atoms with E-state index in [4.69, 9.17) is 10.5 Å². The molecule has 0 saturated carbocycles. The number of esters is 1. The third-order valence-electron chi connectivity index (χ3n) is 2.13. The van der Waals surface area contributed by atoms with E-state index < -0.39 is 5.97 Å². The van der Waals surface area contributed by atoms with E-state index in [0.29, 0.717) is 11.3 Å². The van der Waals surface area contributed by atoms with Gasteiger partial charge in [-0.05, 0) is 6.92 Å². The molecule has 0 aliphatic carbocycles. The van der Waals surface area contributed by atoms with Gasteiger partial charge in [0.25, 0.3) is 0 Å². The Morgan fingerprint density at radius 1 is 1.33 bits per heavy atom. The van der Waals surface area contributed by atoms with Gasteiger partial charge in [-0.15, -0.1) is 0 Å². The number of nitrogen functional groups attached to an aromatic ring is 1. The van der Waals surface area contributed by atoms with Crippen LogP contribution in [0.2, 0.25) is 0 Å². The predicted octanol–water partition coefficient (Wildman–Crippen LogP) is 0.693. The number of anilines is 1. The Morgan fingerprint density at radius 2 is 2.06 bits per heavy atom. The lowest BCUT2D eigenvalue weighted by molar-refractivity contribution is 0.0520. The van der Waals surface area contributed by atoms with Gasteiger partial charge in [-0.2, -0.15) is 0 Å². The summed E-state index contributed by atoms with van der Waals surface area (Å²) in [4.78, 5) is 27.4. The fourth-order valence-corrected chi connectivity index (χ4v) is 1.32. The largest absolute Gasteiger partial charge is 0.461 e. The van der Waals surface area contributed by atoms with Gasteiger partial charge in [0.05, 0.1) is 18.5 Å². The third kappa shape index (κ3) is 2.40. The number of aromatic nitrogens is 4. The summed E-state index contributed by atoms with van der Waals surface area (Å²) in [5, 5.41) is 0. The minimum absolute atomic E-state index is 0.00166. The van der Waals surface area contributed by atoms with Gasteiger partial charge in [-0.1, -0.05) is 0 Å². The van der Waals surface area contributed by atoms with Crippen LogP contribution in [0, 0.1) is 0 Å². The molecule has 7 nitrogen and oxygen atoms in total. The molecule has 0 aliphatic rings. The molecule has 2 aromatic heterocycles. The van der Waals surface area contributed by atoms with Gasteiger partial charge in [0.15, 0.2) is 11.5 Å². The summed E-state index contributed by atoms with van der Waals surface area (Å²) in [7, 11) is 0. The van der Waals surface area contributed by atoms with E-state index in [0.717, 1.165) is 0 Å². The zero-order chi connectivity index (χ0) is 13.0. The maximum Gasteiger partial charge on any atom is 0.360 e. The molecule has 2 N–H and O–H groups in total. The first kappa shape index (κ1) is 11.9. The molecule has 0 fully saturated rings. The molecule has 18 heavy (non-hydrogen) atoms. The van der Waals surface area contributed by atoms with Crippen LogP contribution in [0.3, 0.4) is 0 Å². The highest BCUT2D eigenvalue weighted by Gasteiger charge is 2.15. The Labute approximate surface area is 103 Å². The monoisotopic (exact) mass is 245 g/mol. The van der Waals surface area contributed by atoms with Crippen molar-refractivity contribution >= 4 is 11.8 Å². The summed E-state index contributed by atoms with van der Waals surface area (Å²) in [5.74, 6) is -0.560. The van der Waals surface area contributed by atoms with Crippen LogP contribution in [0.5, 0.6) is 0 Å². The summed E-state index contributed by atoms with van der Waals surface area (Å²) >= 11 is 0. The highest BCUT2D eigenvalue weighted by molar-refractivity contribution is 5.92. The number of hydrogen-bond acceptors (Lipinski definition) is 7. The van der Waals surface area contributed by atoms with E-state index >= 15 is 0 Å². The molecule has 0 saturated heterocycles. The van der Waals surface area contributed by atoms with Crippen molar-refractivity contribution < 1.29 is 9.53 Å². The number of nitrogens with zero attached hydrogens (tertiary/aromatic N) is 4. The number of carbonyl (C=O) groups excluding carboxylic acids is 1. The Kier molecular flexibility index (Phi) is 3.42. The summed E-state index contributed by atoms with van der Waals surface area (Å²) < 4.78 is 4.85. The zero-order valence-electron chi connectivity index (χ0n) is 9.70. The Hall–Kier alpha value is -2.57. The normalized spacial score (nSPS) is 10.1. The first-order chi connectivity index (χ1) is 8.72. The van der Waals surface area contributed by atoms with Crippen molar-refractivity contribution in [2.75, 3.05) is 12.3 Å². The van der Waals surface area contributed by atoms with Crippen LogP contribution in [0.1, 0.15) is 17.4 Å². The molecule has 0 radical (unpaired) electrons. The second-order valence-electron chi connectivity index (χ2n) is 3.34. The standard InChI is InChI=1S/C11H11N5O2/c1-2-18-11(17)9-10(12)15-5-8(16-9)7-3-13-6-14-4-7/h3-6H,2H2,1H3,(H2,12,15). The molecule has 2 rings (SSSR count). The molecule has 0 amide bonds. The Balaban J connectivity index is 2.41. The van der Waals surface area contributed by atoms with Crippen molar-refractivity contribution in [2.24, 2.45) is 0 Å². The molecule has 0 aromatic carbocycles. The number of hydrogen-bond donors (Lipinski definition) is 1. The first-order valence-electron chi connectivity index (χ1n) is 5.27. The van der Waals surface area contributed by atoms with Gasteiger partial charge >= 0.3 is 5.97 Å². The van der Waals surface area contributed by atoms with E-state index in [2.05, 4.69) is 19.9 Å². The highest BCUT2D eigenvalue weighted by atomic mass is 16.5. The molecule has 0 aliphatic heterocycles. The lowest BCUT2D eigenvalue weighted by atomic mass is 10.2. The smallest absolute Gasteiger partial charge is 0.360 e. The third-order valence-corrected chi connectivity index (χ3v) is 2.13. The summed E-state index contributed by atoms with van der Waals surface area (Å²) in [5.41, 5.74) is 6.71. The first-order valence-corrected chi connectivity index (χ1v) is 5.27. The molecule has 7 heteroatoms. The minimum atomic E-state index is -0.596. The van der Waals surface area contributed by atoms with Gasteiger partial charge in [-0.25, -0.2) is 24.7 Å². The topological polar surface area (TPSA) is 104 Å². The van der Waals surface area contributed by atoms with Crippen LogP contribution in [0.4, 0.5) is 5.82 Å². The van der Waals surface area contributed by atoms with Crippen molar-refractivity contribution in [1.82, 2.24) is 19.9 Å². The summed E-state index contributed by atoms with van der Waals surface area (Å²) in [6.07, 6.45) is 6.00. The molecule has 0 bridgehead atoms. The van der Waals surface area contributed by atoms with Crippen LogP contribution in [0.15, 0.2) is 24.9 Å². The summed E-state index contributed by atoms with van der Waals surface area (Å²) in [6, 6.07) is 0. The molecule has 0 atom stereocenters. The van der Waals surface area contributed by atoms with Crippen LogP contribution in [-0.4, -0.2) is 32.5 Å². The van der Waals surface area contributed by atoms with E-state index in [1.54, 1.807) is 19.3 Å². The van der Waals surface area contributed by atoms with E-state index in [1.165, 1.54) is 12.5 Å². The van der Waals surface area contributed by atoms with Crippen LogP contribution in [0.25, 0.3) is 11.3 Å². The maximum atomic E-state index is 11.6. The molecule has 0 unspecified atom stereocenters. The van der Waals surface area contributed by atoms with Gasteiger partial charge in [0.1, 0.15) is 6.33 Å². The Bertz CT molecular complexity index is 559. The fraction of sp³-hybridized carbons (Fsp3) is 0.182. The van der Waals surface area contributed by atoms with Crippen molar-refractivity contribution in [2.45, 2.75) is 6.92 Å². The van der Waals surface area contributed by atoms with Gasteiger partial charge in [0, 0.05) is 18.0 Å². The van der Waals surface area contributed by atoms with E-state index in [9.17, 15) is 4.79 Å². The second-order valence-corrected chi connectivity index (χ2v) is 3.34. The van der Waals surface area contributed by atoms with Gasteiger partial charge in [0.2, 0.25) is 0 Å². The molecular weight excluding hydrogens is 234 g/mol. The van der Waals surface area contributed by atoms with Crippen molar-refractivity contribution in [1.29, 1.82) is 0 Å². The SMILES string of the molecule is CCOC(=O)c1nc(-c2cncnc2)cnc1N. The molecule has 2 aromatic rings. The number of nitrogens with two attached hydrogens (primary N) is 1. The second kappa shape index (κ2) is 5.17. The van der Waals surface area contributed by atoms with Crippen LogP contribution < -0.4 is 5.73 Å². The zero-order valence-corrected chi connectivity index (χ0v) is 9.70. The Morgan fingerprint density at radius 3 is 2.72 bits per heavy atom. The number of carbonyl (C=O) groups is 1. The van der Waals surface area contributed by atoms with Gasteiger partial charge < -0.3 is 10.5 Å². The lowest BCUT2D eigenvalue weighted by Gasteiger charge is -2.05. The number of ether oxygens (including phenoxy) is 1. The molecule has 92 valence electrons. The maximum absolute atomic E-state index is 11.6.